The predicted octanol–water partition coefficient (Wildman–Crippen LogP) is 4.43. The third kappa shape index (κ3) is 4.03. The summed E-state index contributed by atoms with van der Waals surface area (Å²) in [4.78, 5) is 16.0. The minimum Gasteiger partial charge on any atom is -0.359 e. The number of carbonyl (C=O) groups excluding carboxylic acids is 1. The molecule has 0 radical (unpaired) electrons. The minimum absolute atomic E-state index is 0.0215. The fraction of sp³-hybridized carbons (Fsp3) is 0.125. The number of benzene rings is 1. The third-order valence-corrected chi connectivity index (χ3v) is 3.27. The first kappa shape index (κ1) is 14.5. The van der Waals surface area contributed by atoms with E-state index in [1.165, 1.54) is 0 Å². The van der Waals surface area contributed by atoms with Gasteiger partial charge in [-0.05, 0) is 36.8 Å². The van der Waals surface area contributed by atoms with Gasteiger partial charge in [-0.15, -0.1) is 0 Å². The number of hydrogen-bond donors (Lipinski definition) is 1. The van der Waals surface area contributed by atoms with E-state index in [1.54, 1.807) is 30.6 Å². The second kappa shape index (κ2) is 7.01. The van der Waals surface area contributed by atoms with E-state index in [1.807, 2.05) is 31.2 Å². The zero-order chi connectivity index (χ0) is 14.4. The molecule has 1 heterocycles. The highest BCUT2D eigenvalue weighted by atomic mass is 79.9. The molecule has 102 valence electrons. The molecule has 0 aliphatic carbocycles. The molecule has 0 fully saturated rings. The molecule has 0 saturated heterocycles. The van der Waals surface area contributed by atoms with E-state index in [0.717, 1.165) is 22.3 Å². The third-order valence-electron chi connectivity index (χ3n) is 2.78. The summed E-state index contributed by atoms with van der Waals surface area (Å²) in [6, 6.07) is 11.3. The van der Waals surface area contributed by atoms with Crippen molar-refractivity contribution < 1.29 is 4.79 Å². The number of allylic oxidation sites excluding steroid dienone is 2. The van der Waals surface area contributed by atoms with Crippen molar-refractivity contribution >= 4 is 27.4 Å². The lowest BCUT2D eigenvalue weighted by Gasteiger charge is -2.09. The molecule has 0 saturated carbocycles. The molecule has 3 nitrogen and oxygen atoms in total. The van der Waals surface area contributed by atoms with Crippen molar-refractivity contribution in [1.29, 1.82) is 0 Å². The van der Waals surface area contributed by atoms with Crippen molar-refractivity contribution in [1.82, 2.24) is 4.98 Å². The maximum Gasteiger partial charge on any atom is 0.187 e. The van der Waals surface area contributed by atoms with E-state index in [4.69, 9.17) is 0 Å². The standard InChI is InChI=1S/C16H15BrN2O/c1-2-14(19-15-5-3-4-13(17)10-15)11-16(20)12-6-8-18-9-7-12/h3-11,19H,2H2,1H3/b14-11-. The minimum atomic E-state index is -0.0215. The summed E-state index contributed by atoms with van der Waals surface area (Å²) in [6.07, 6.45) is 5.63. The van der Waals surface area contributed by atoms with E-state index < -0.39 is 0 Å². The largest absolute Gasteiger partial charge is 0.359 e. The number of ketones is 1. The van der Waals surface area contributed by atoms with Gasteiger partial charge in [-0.3, -0.25) is 9.78 Å². The van der Waals surface area contributed by atoms with Gasteiger partial charge in [0.1, 0.15) is 0 Å². The van der Waals surface area contributed by atoms with Crippen LogP contribution in [-0.2, 0) is 0 Å². The van der Waals surface area contributed by atoms with Crippen molar-refractivity contribution in [2.45, 2.75) is 13.3 Å². The quantitative estimate of drug-likeness (QED) is 0.651. The molecule has 0 amide bonds. The number of carbonyl (C=O) groups is 1. The van der Waals surface area contributed by atoms with Gasteiger partial charge in [0, 0.05) is 39.9 Å². The van der Waals surface area contributed by atoms with Crippen LogP contribution in [0.2, 0.25) is 0 Å². The van der Waals surface area contributed by atoms with Gasteiger partial charge in [0.05, 0.1) is 0 Å². The Bertz CT molecular complexity index is 623. The average molecular weight is 331 g/mol. The molecule has 20 heavy (non-hydrogen) atoms. The first-order chi connectivity index (χ1) is 9.69. The smallest absolute Gasteiger partial charge is 0.187 e. The number of aromatic nitrogens is 1. The van der Waals surface area contributed by atoms with Crippen LogP contribution >= 0.6 is 15.9 Å². The summed E-state index contributed by atoms with van der Waals surface area (Å²) in [5, 5.41) is 3.26. The summed E-state index contributed by atoms with van der Waals surface area (Å²) >= 11 is 3.43. The van der Waals surface area contributed by atoms with Gasteiger partial charge >= 0.3 is 0 Å². The molecule has 1 N–H and O–H groups in total. The molecule has 2 rings (SSSR count). The number of nitrogens with zero attached hydrogens (tertiary/aromatic N) is 1. The Morgan fingerprint density at radius 2 is 2.05 bits per heavy atom. The molecular weight excluding hydrogens is 316 g/mol. The zero-order valence-corrected chi connectivity index (χ0v) is 12.7. The lowest BCUT2D eigenvalue weighted by atomic mass is 10.1. The van der Waals surface area contributed by atoms with Crippen LogP contribution in [0.1, 0.15) is 23.7 Å². The Hall–Kier alpha value is -1.94. The lowest BCUT2D eigenvalue weighted by Crippen LogP contribution is -2.03. The van der Waals surface area contributed by atoms with Gasteiger partial charge < -0.3 is 5.32 Å². The Morgan fingerprint density at radius 3 is 2.70 bits per heavy atom. The van der Waals surface area contributed by atoms with E-state index in [-0.39, 0.29) is 5.78 Å². The molecule has 1 aromatic heterocycles. The van der Waals surface area contributed by atoms with Gasteiger partial charge in [-0.25, -0.2) is 0 Å². The summed E-state index contributed by atoms with van der Waals surface area (Å²) < 4.78 is 0.999. The monoisotopic (exact) mass is 330 g/mol. The summed E-state index contributed by atoms with van der Waals surface area (Å²) in [5.74, 6) is -0.0215. The molecule has 2 aromatic rings. The second-order valence-electron chi connectivity index (χ2n) is 4.26. The maximum absolute atomic E-state index is 12.1. The topological polar surface area (TPSA) is 42.0 Å². The van der Waals surface area contributed by atoms with E-state index in [9.17, 15) is 4.79 Å². The summed E-state index contributed by atoms with van der Waals surface area (Å²) in [7, 11) is 0. The molecule has 0 atom stereocenters. The van der Waals surface area contributed by atoms with Crippen LogP contribution in [0, 0.1) is 0 Å². The molecule has 4 heteroatoms. The molecule has 0 aliphatic rings. The van der Waals surface area contributed by atoms with Crippen molar-refractivity contribution in [3.05, 3.63) is 70.6 Å². The first-order valence-corrected chi connectivity index (χ1v) is 7.16. The number of pyridine rings is 1. The van der Waals surface area contributed by atoms with E-state index >= 15 is 0 Å². The number of nitrogens with one attached hydrogen (secondary N) is 1. The number of rotatable bonds is 5. The van der Waals surface area contributed by atoms with Crippen LogP contribution < -0.4 is 5.32 Å². The first-order valence-electron chi connectivity index (χ1n) is 6.36. The van der Waals surface area contributed by atoms with Crippen molar-refractivity contribution in [3.8, 4) is 0 Å². The van der Waals surface area contributed by atoms with Crippen LogP contribution in [0.15, 0.2) is 65.0 Å². The summed E-state index contributed by atoms with van der Waals surface area (Å²) in [5.41, 5.74) is 2.47. The van der Waals surface area contributed by atoms with E-state index in [0.29, 0.717) is 5.56 Å². The van der Waals surface area contributed by atoms with Crippen LogP contribution in [-0.4, -0.2) is 10.8 Å². The average Bonchev–Trinajstić information content (AvgIpc) is 2.47. The highest BCUT2D eigenvalue weighted by molar-refractivity contribution is 9.10. The van der Waals surface area contributed by atoms with Crippen LogP contribution in [0.25, 0.3) is 0 Å². The fourth-order valence-electron chi connectivity index (χ4n) is 1.74. The highest BCUT2D eigenvalue weighted by Gasteiger charge is 2.04. The zero-order valence-electron chi connectivity index (χ0n) is 11.1. The van der Waals surface area contributed by atoms with Gasteiger partial charge in [0.15, 0.2) is 5.78 Å². The highest BCUT2D eigenvalue weighted by Crippen LogP contribution is 2.18. The van der Waals surface area contributed by atoms with Gasteiger partial charge in [0.2, 0.25) is 0 Å². The summed E-state index contributed by atoms with van der Waals surface area (Å²) in [6.45, 7) is 2.01. The number of halogens is 1. The lowest BCUT2D eigenvalue weighted by molar-refractivity contribution is 0.104. The molecule has 0 bridgehead atoms. The Kier molecular flexibility index (Phi) is 5.07. The predicted molar refractivity (Wildman–Crippen MR) is 84.7 cm³/mol. The molecule has 1 aromatic carbocycles. The molecule has 0 spiro atoms. The molecular formula is C16H15BrN2O. The van der Waals surface area contributed by atoms with Crippen molar-refractivity contribution in [2.75, 3.05) is 5.32 Å². The van der Waals surface area contributed by atoms with Crippen LogP contribution in [0.3, 0.4) is 0 Å². The van der Waals surface area contributed by atoms with Gasteiger partial charge in [-0.2, -0.15) is 0 Å². The molecule has 0 aliphatic heterocycles. The normalized spacial score (nSPS) is 11.2. The maximum atomic E-state index is 12.1. The second-order valence-corrected chi connectivity index (χ2v) is 5.17. The van der Waals surface area contributed by atoms with Crippen LogP contribution in [0.4, 0.5) is 5.69 Å². The number of anilines is 1. The Morgan fingerprint density at radius 1 is 1.30 bits per heavy atom. The van der Waals surface area contributed by atoms with E-state index in [2.05, 4.69) is 26.2 Å². The molecule has 0 unspecified atom stereocenters. The Balaban J connectivity index is 2.16. The fourth-order valence-corrected chi connectivity index (χ4v) is 2.14. The van der Waals surface area contributed by atoms with Gasteiger partial charge in [-0.1, -0.05) is 28.9 Å². The van der Waals surface area contributed by atoms with Gasteiger partial charge in [0.25, 0.3) is 0 Å². The number of hydrogen-bond acceptors (Lipinski definition) is 3. The SMILES string of the molecule is CC/C(=C/C(=O)c1ccncc1)Nc1cccc(Br)c1. The Labute approximate surface area is 126 Å². The van der Waals surface area contributed by atoms with Crippen molar-refractivity contribution in [2.24, 2.45) is 0 Å². The van der Waals surface area contributed by atoms with Crippen molar-refractivity contribution in [3.63, 3.8) is 0 Å². The van der Waals surface area contributed by atoms with Crippen LogP contribution in [0.5, 0.6) is 0 Å².